The molecule has 1 aliphatic heterocycles. The summed E-state index contributed by atoms with van der Waals surface area (Å²) in [5, 5.41) is 60.1. The minimum atomic E-state index is -1.16. The molecule has 0 aromatic heterocycles. The number of aliphatic hydroxyl groups is 1. The summed E-state index contributed by atoms with van der Waals surface area (Å²) in [4.78, 5) is 0. The number of phenols is 5. The molecule has 3 aromatic carbocycles. The van der Waals surface area contributed by atoms with E-state index in [2.05, 4.69) is 0 Å². The molecule has 3 aromatic rings. The minimum Gasteiger partial charge on any atom is -0.508 e. The fourth-order valence-corrected chi connectivity index (χ4v) is 4.82. The lowest BCUT2D eigenvalue weighted by molar-refractivity contribution is 0.0173. The van der Waals surface area contributed by atoms with Crippen molar-refractivity contribution < 1.29 is 35.4 Å². The van der Waals surface area contributed by atoms with Gasteiger partial charge in [-0.15, -0.1) is 11.8 Å². The number of hydrogen-bond acceptors (Lipinski definition) is 8. The van der Waals surface area contributed by atoms with E-state index in [1.165, 1.54) is 36.0 Å². The molecular formula is C22H20O7S. The van der Waals surface area contributed by atoms with Crippen molar-refractivity contribution in [3.8, 4) is 34.5 Å². The monoisotopic (exact) mass is 428 g/mol. The third-order valence-electron chi connectivity index (χ3n) is 4.96. The maximum absolute atomic E-state index is 11.1. The Morgan fingerprint density at radius 1 is 0.833 bits per heavy atom. The second kappa shape index (κ2) is 7.89. The van der Waals surface area contributed by atoms with Crippen LogP contribution in [0, 0.1) is 0 Å². The molecular weight excluding hydrogens is 408 g/mol. The summed E-state index contributed by atoms with van der Waals surface area (Å²) in [6, 6.07) is 14.5. The largest absolute Gasteiger partial charge is 0.508 e. The lowest BCUT2D eigenvalue weighted by Gasteiger charge is -2.37. The molecule has 0 amide bonds. The molecule has 1 aliphatic rings. The van der Waals surface area contributed by atoms with Crippen LogP contribution in [0.25, 0.3) is 0 Å². The molecule has 3 atom stereocenters. The Morgan fingerprint density at radius 3 is 2.17 bits per heavy atom. The van der Waals surface area contributed by atoms with Crippen LogP contribution in [0.5, 0.6) is 34.5 Å². The van der Waals surface area contributed by atoms with Gasteiger partial charge in [-0.05, 0) is 17.7 Å². The van der Waals surface area contributed by atoms with E-state index in [1.807, 2.05) is 30.3 Å². The fraction of sp³-hybridized carbons (Fsp3) is 0.182. The van der Waals surface area contributed by atoms with Crippen LogP contribution in [0.3, 0.4) is 0 Å². The average molecular weight is 428 g/mol. The standard InChI is InChI=1S/C22H20O7S/c23-13-8-14(24)18-17(9-13)29-21(12-6-15(25)19(27)16(26)7-12)20(28)22(18)30-10-11-4-2-1-3-5-11/h1-9,20-28H,10H2/t20-,21-,22+/m1/s1. The highest BCUT2D eigenvalue weighted by molar-refractivity contribution is 7.98. The summed E-state index contributed by atoms with van der Waals surface area (Å²) in [5.74, 6) is -1.47. The Labute approximate surface area is 176 Å². The molecule has 8 heteroatoms. The van der Waals surface area contributed by atoms with Crippen molar-refractivity contribution in [3.05, 3.63) is 71.3 Å². The molecule has 0 bridgehead atoms. The van der Waals surface area contributed by atoms with Gasteiger partial charge < -0.3 is 35.4 Å². The first-order chi connectivity index (χ1) is 14.3. The van der Waals surface area contributed by atoms with Gasteiger partial charge >= 0.3 is 0 Å². The molecule has 0 saturated carbocycles. The van der Waals surface area contributed by atoms with E-state index in [-0.39, 0.29) is 22.8 Å². The first-order valence-corrected chi connectivity index (χ1v) is 10.2. The van der Waals surface area contributed by atoms with Crippen LogP contribution in [-0.2, 0) is 5.75 Å². The van der Waals surface area contributed by atoms with Gasteiger partial charge in [0, 0.05) is 23.4 Å². The highest BCUT2D eigenvalue weighted by Crippen LogP contribution is 2.53. The Kier molecular flexibility index (Phi) is 5.27. The second-order valence-electron chi connectivity index (χ2n) is 7.03. The van der Waals surface area contributed by atoms with E-state index in [4.69, 9.17) is 4.74 Å². The predicted molar refractivity (Wildman–Crippen MR) is 111 cm³/mol. The summed E-state index contributed by atoms with van der Waals surface area (Å²) in [5.41, 5.74) is 1.61. The Bertz CT molecular complexity index is 1050. The van der Waals surface area contributed by atoms with Crippen molar-refractivity contribution in [1.82, 2.24) is 0 Å². The zero-order valence-electron chi connectivity index (χ0n) is 15.6. The number of benzene rings is 3. The van der Waals surface area contributed by atoms with Crippen LogP contribution in [0.1, 0.15) is 28.0 Å². The smallest absolute Gasteiger partial charge is 0.200 e. The van der Waals surface area contributed by atoms with Crippen LogP contribution in [0.15, 0.2) is 54.6 Å². The number of hydrogen-bond donors (Lipinski definition) is 6. The molecule has 0 saturated heterocycles. The van der Waals surface area contributed by atoms with Gasteiger partial charge in [0.15, 0.2) is 23.4 Å². The topological polar surface area (TPSA) is 131 Å². The zero-order valence-corrected chi connectivity index (χ0v) is 16.5. The van der Waals surface area contributed by atoms with Gasteiger partial charge in [-0.2, -0.15) is 0 Å². The number of fused-ring (bicyclic) bond motifs is 1. The van der Waals surface area contributed by atoms with Crippen LogP contribution in [0.2, 0.25) is 0 Å². The summed E-state index contributed by atoms with van der Waals surface area (Å²) in [7, 11) is 0. The van der Waals surface area contributed by atoms with Crippen LogP contribution in [-0.4, -0.2) is 36.7 Å². The molecule has 156 valence electrons. The van der Waals surface area contributed by atoms with E-state index in [9.17, 15) is 30.6 Å². The lowest BCUT2D eigenvalue weighted by atomic mass is 9.93. The van der Waals surface area contributed by atoms with Gasteiger partial charge in [0.25, 0.3) is 0 Å². The molecule has 0 radical (unpaired) electrons. The number of aromatic hydroxyl groups is 5. The van der Waals surface area contributed by atoms with E-state index in [0.717, 1.165) is 5.56 Å². The SMILES string of the molecule is Oc1cc(O)c2c(c1)O[C@H](c1cc(O)c(O)c(O)c1)[C@@H](O)[C@H]2SCc1ccccc1. The highest BCUT2D eigenvalue weighted by Gasteiger charge is 2.41. The lowest BCUT2D eigenvalue weighted by Crippen LogP contribution is -2.33. The van der Waals surface area contributed by atoms with Crippen molar-refractivity contribution in [2.24, 2.45) is 0 Å². The van der Waals surface area contributed by atoms with Gasteiger partial charge in [0.1, 0.15) is 23.4 Å². The summed E-state index contributed by atoms with van der Waals surface area (Å²) in [6.45, 7) is 0. The van der Waals surface area contributed by atoms with Crippen molar-refractivity contribution >= 4 is 11.8 Å². The van der Waals surface area contributed by atoms with Crippen LogP contribution < -0.4 is 4.74 Å². The number of phenolic OH excluding ortho intramolecular Hbond substituents is 5. The molecule has 1 heterocycles. The fourth-order valence-electron chi connectivity index (χ4n) is 3.51. The summed E-state index contributed by atoms with van der Waals surface area (Å²) in [6.07, 6.45) is -2.19. The van der Waals surface area contributed by atoms with Gasteiger partial charge in [0.05, 0.1) is 10.8 Å². The zero-order chi connectivity index (χ0) is 21.4. The molecule has 0 aliphatic carbocycles. The quantitative estimate of drug-likeness (QED) is 0.347. The van der Waals surface area contributed by atoms with Crippen molar-refractivity contribution in [2.75, 3.05) is 0 Å². The summed E-state index contributed by atoms with van der Waals surface area (Å²) < 4.78 is 5.84. The van der Waals surface area contributed by atoms with Crippen LogP contribution >= 0.6 is 11.8 Å². The van der Waals surface area contributed by atoms with Gasteiger partial charge in [-0.1, -0.05) is 30.3 Å². The number of ether oxygens (including phenoxy) is 1. The maximum atomic E-state index is 11.1. The molecule has 7 nitrogen and oxygen atoms in total. The molecule has 4 rings (SSSR count). The molecule has 0 fully saturated rings. The van der Waals surface area contributed by atoms with Crippen LogP contribution in [0.4, 0.5) is 0 Å². The van der Waals surface area contributed by atoms with Crippen molar-refractivity contribution in [2.45, 2.75) is 23.2 Å². The normalized spacial score (nSPS) is 20.4. The van der Waals surface area contributed by atoms with Crippen molar-refractivity contribution in [1.29, 1.82) is 0 Å². The predicted octanol–water partition coefficient (Wildman–Crippen LogP) is 3.68. The van der Waals surface area contributed by atoms with E-state index in [0.29, 0.717) is 11.3 Å². The van der Waals surface area contributed by atoms with E-state index in [1.54, 1.807) is 0 Å². The number of thioether (sulfide) groups is 1. The molecule has 30 heavy (non-hydrogen) atoms. The second-order valence-corrected chi connectivity index (χ2v) is 8.16. The van der Waals surface area contributed by atoms with E-state index >= 15 is 0 Å². The maximum Gasteiger partial charge on any atom is 0.200 e. The first kappa shape index (κ1) is 20.1. The molecule has 0 spiro atoms. The molecule has 0 unspecified atom stereocenters. The van der Waals surface area contributed by atoms with Gasteiger partial charge in [0.2, 0.25) is 0 Å². The number of rotatable bonds is 4. The molecule has 6 N–H and O–H groups in total. The van der Waals surface area contributed by atoms with Crippen molar-refractivity contribution in [3.63, 3.8) is 0 Å². The Hall–Kier alpha value is -3.23. The summed E-state index contributed by atoms with van der Waals surface area (Å²) >= 11 is 1.39. The number of aliphatic hydroxyl groups excluding tert-OH is 1. The third kappa shape index (κ3) is 3.67. The average Bonchev–Trinajstić information content (AvgIpc) is 2.71. The minimum absolute atomic E-state index is 0.181. The van der Waals surface area contributed by atoms with Gasteiger partial charge in [-0.25, -0.2) is 0 Å². The Morgan fingerprint density at radius 2 is 1.50 bits per heavy atom. The third-order valence-corrected chi connectivity index (χ3v) is 6.33. The highest BCUT2D eigenvalue weighted by atomic mass is 32.2. The Balaban J connectivity index is 1.74. The van der Waals surface area contributed by atoms with Gasteiger partial charge in [-0.3, -0.25) is 0 Å². The van der Waals surface area contributed by atoms with E-state index < -0.39 is 34.7 Å². The first-order valence-electron chi connectivity index (χ1n) is 9.16.